The van der Waals surface area contributed by atoms with Gasteiger partial charge in [0.2, 0.25) is 0 Å². The molecule has 0 saturated carbocycles. The Bertz CT molecular complexity index is 174. The molecule has 0 bridgehead atoms. The van der Waals surface area contributed by atoms with Crippen molar-refractivity contribution < 1.29 is 19.4 Å². The second-order valence-electron chi connectivity index (χ2n) is 3.32. The van der Waals surface area contributed by atoms with Crippen LogP contribution in [0.25, 0.3) is 0 Å². The molecular weight excluding hydrogens is 172 g/mol. The molecule has 0 unspecified atom stereocenters. The van der Waals surface area contributed by atoms with Gasteiger partial charge in [0.25, 0.3) is 0 Å². The monoisotopic (exact) mass is 188 g/mol. The Morgan fingerprint density at radius 1 is 1.38 bits per heavy atom. The van der Waals surface area contributed by atoms with Crippen molar-refractivity contribution >= 4 is 11.9 Å². The van der Waals surface area contributed by atoms with Gasteiger partial charge in [-0.05, 0) is 12.3 Å². The van der Waals surface area contributed by atoms with Gasteiger partial charge in [-0.1, -0.05) is 13.8 Å². The quantitative estimate of drug-likeness (QED) is 0.506. The van der Waals surface area contributed by atoms with Crippen LogP contribution < -0.4 is 0 Å². The molecule has 76 valence electrons. The number of aliphatic carboxylic acids is 1. The molecular formula is C9H16O4. The van der Waals surface area contributed by atoms with E-state index >= 15 is 0 Å². The topological polar surface area (TPSA) is 63.6 Å². The van der Waals surface area contributed by atoms with Crippen molar-refractivity contribution in [3.05, 3.63) is 0 Å². The zero-order valence-corrected chi connectivity index (χ0v) is 8.08. The minimum Gasteiger partial charge on any atom is -0.481 e. The zero-order chi connectivity index (χ0) is 10.3. The number of hydrogen-bond donors (Lipinski definition) is 1. The normalized spacial score (nSPS) is 10.1. The van der Waals surface area contributed by atoms with E-state index in [0.29, 0.717) is 12.8 Å². The molecule has 0 radical (unpaired) electrons. The van der Waals surface area contributed by atoms with Gasteiger partial charge in [0.1, 0.15) is 0 Å². The summed E-state index contributed by atoms with van der Waals surface area (Å²) in [6, 6.07) is 0. The molecule has 0 aromatic heterocycles. The van der Waals surface area contributed by atoms with Crippen LogP contribution in [0.2, 0.25) is 0 Å². The van der Waals surface area contributed by atoms with E-state index in [9.17, 15) is 9.59 Å². The summed E-state index contributed by atoms with van der Waals surface area (Å²) in [5.74, 6) is -0.827. The largest absolute Gasteiger partial charge is 0.481 e. The van der Waals surface area contributed by atoms with E-state index in [1.807, 2.05) is 13.8 Å². The molecule has 0 rings (SSSR count). The Morgan fingerprint density at radius 3 is 2.46 bits per heavy atom. The van der Waals surface area contributed by atoms with Gasteiger partial charge in [-0.3, -0.25) is 9.59 Å². The van der Waals surface area contributed by atoms with Crippen LogP contribution in [0.1, 0.15) is 33.1 Å². The average molecular weight is 188 g/mol. The first-order chi connectivity index (χ1) is 6.02. The van der Waals surface area contributed by atoms with E-state index in [1.165, 1.54) is 0 Å². The molecule has 4 heteroatoms. The number of hydrogen-bond acceptors (Lipinski definition) is 3. The van der Waals surface area contributed by atoms with Gasteiger partial charge in [-0.25, -0.2) is 0 Å². The first-order valence-electron chi connectivity index (χ1n) is 4.39. The number of carbonyl (C=O) groups excluding carboxylic acids is 1. The number of carbonyl (C=O) groups is 2. The number of esters is 1. The Hall–Kier alpha value is -1.06. The maximum Gasteiger partial charge on any atom is 0.306 e. The zero-order valence-electron chi connectivity index (χ0n) is 8.08. The Labute approximate surface area is 77.9 Å². The third-order valence-electron chi connectivity index (χ3n) is 1.37. The summed E-state index contributed by atoms with van der Waals surface area (Å²) in [5.41, 5.74) is 0. The van der Waals surface area contributed by atoms with Crippen LogP contribution in [0.15, 0.2) is 0 Å². The lowest BCUT2D eigenvalue weighted by Crippen LogP contribution is -2.09. The SMILES string of the molecule is CC(C)CC(=O)OCCCC(=O)O. The third kappa shape index (κ3) is 8.85. The van der Waals surface area contributed by atoms with Gasteiger partial charge >= 0.3 is 11.9 Å². The van der Waals surface area contributed by atoms with Crippen LogP contribution in [-0.4, -0.2) is 23.7 Å². The number of rotatable bonds is 6. The van der Waals surface area contributed by atoms with Crippen molar-refractivity contribution in [2.24, 2.45) is 5.92 Å². The first kappa shape index (κ1) is 11.9. The molecule has 13 heavy (non-hydrogen) atoms. The van der Waals surface area contributed by atoms with Crippen molar-refractivity contribution in [3.8, 4) is 0 Å². The lowest BCUT2D eigenvalue weighted by molar-refractivity contribution is -0.146. The van der Waals surface area contributed by atoms with Gasteiger partial charge in [-0.15, -0.1) is 0 Å². The molecule has 0 aliphatic carbocycles. The predicted octanol–water partition coefficient (Wildman–Crippen LogP) is 1.44. The summed E-state index contributed by atoms with van der Waals surface area (Å²) in [7, 11) is 0. The summed E-state index contributed by atoms with van der Waals surface area (Å²) in [6.45, 7) is 4.06. The third-order valence-corrected chi connectivity index (χ3v) is 1.37. The second kappa shape index (κ2) is 6.46. The Morgan fingerprint density at radius 2 is 2.00 bits per heavy atom. The maximum absolute atomic E-state index is 10.9. The smallest absolute Gasteiger partial charge is 0.306 e. The molecule has 0 saturated heterocycles. The summed E-state index contributed by atoms with van der Waals surface area (Å²) >= 11 is 0. The number of ether oxygens (including phenoxy) is 1. The van der Waals surface area contributed by atoms with Crippen molar-refractivity contribution in [2.45, 2.75) is 33.1 Å². The fourth-order valence-electron chi connectivity index (χ4n) is 0.802. The van der Waals surface area contributed by atoms with Crippen LogP contribution >= 0.6 is 0 Å². The highest BCUT2D eigenvalue weighted by molar-refractivity contribution is 5.69. The van der Waals surface area contributed by atoms with E-state index in [0.717, 1.165) is 0 Å². The van der Waals surface area contributed by atoms with E-state index in [-0.39, 0.29) is 24.9 Å². The molecule has 0 atom stereocenters. The van der Waals surface area contributed by atoms with Crippen LogP contribution in [0.4, 0.5) is 0 Å². The van der Waals surface area contributed by atoms with Crippen LogP contribution in [-0.2, 0) is 14.3 Å². The molecule has 1 N–H and O–H groups in total. The van der Waals surface area contributed by atoms with E-state index in [2.05, 4.69) is 0 Å². The number of carboxylic acids is 1. The standard InChI is InChI=1S/C9H16O4/c1-7(2)6-9(12)13-5-3-4-8(10)11/h7H,3-6H2,1-2H3,(H,10,11). The van der Waals surface area contributed by atoms with Crippen LogP contribution in [0.5, 0.6) is 0 Å². The second-order valence-corrected chi connectivity index (χ2v) is 3.32. The highest BCUT2D eigenvalue weighted by Crippen LogP contribution is 2.01. The average Bonchev–Trinajstić information content (AvgIpc) is 1.96. The summed E-state index contributed by atoms with van der Waals surface area (Å²) < 4.78 is 4.80. The molecule has 0 amide bonds. The van der Waals surface area contributed by atoms with Crippen LogP contribution in [0.3, 0.4) is 0 Å². The molecule has 0 heterocycles. The maximum atomic E-state index is 10.9. The fourth-order valence-corrected chi connectivity index (χ4v) is 0.802. The van der Waals surface area contributed by atoms with Gasteiger partial charge in [0.05, 0.1) is 6.61 Å². The molecule has 0 aliphatic heterocycles. The van der Waals surface area contributed by atoms with E-state index in [4.69, 9.17) is 9.84 Å². The summed E-state index contributed by atoms with van der Waals surface area (Å²) in [4.78, 5) is 21.0. The lowest BCUT2D eigenvalue weighted by atomic mass is 10.1. The van der Waals surface area contributed by atoms with E-state index in [1.54, 1.807) is 0 Å². The Kier molecular flexibility index (Phi) is 5.93. The van der Waals surface area contributed by atoms with Crippen molar-refractivity contribution in [1.29, 1.82) is 0 Å². The van der Waals surface area contributed by atoms with Gasteiger partial charge in [-0.2, -0.15) is 0 Å². The van der Waals surface area contributed by atoms with Crippen molar-refractivity contribution in [1.82, 2.24) is 0 Å². The predicted molar refractivity (Wildman–Crippen MR) is 47.3 cm³/mol. The molecule has 4 nitrogen and oxygen atoms in total. The highest BCUT2D eigenvalue weighted by atomic mass is 16.5. The van der Waals surface area contributed by atoms with Gasteiger partial charge in [0.15, 0.2) is 0 Å². The minimum absolute atomic E-state index is 0.0506. The van der Waals surface area contributed by atoms with Crippen molar-refractivity contribution in [3.63, 3.8) is 0 Å². The molecule has 0 aromatic carbocycles. The lowest BCUT2D eigenvalue weighted by Gasteiger charge is -2.05. The van der Waals surface area contributed by atoms with Gasteiger partial charge < -0.3 is 9.84 Å². The van der Waals surface area contributed by atoms with Crippen LogP contribution in [0, 0.1) is 5.92 Å². The highest BCUT2D eigenvalue weighted by Gasteiger charge is 2.05. The molecule has 0 spiro atoms. The molecule has 0 aromatic rings. The van der Waals surface area contributed by atoms with Crippen molar-refractivity contribution in [2.75, 3.05) is 6.61 Å². The number of carboxylic acid groups (broad SMARTS) is 1. The van der Waals surface area contributed by atoms with E-state index < -0.39 is 5.97 Å². The minimum atomic E-state index is -0.861. The summed E-state index contributed by atoms with van der Waals surface area (Å²) in [6.07, 6.45) is 0.835. The summed E-state index contributed by atoms with van der Waals surface area (Å²) in [5, 5.41) is 8.28. The molecule has 0 fully saturated rings. The Balaban J connectivity index is 3.32. The van der Waals surface area contributed by atoms with Gasteiger partial charge in [0, 0.05) is 12.8 Å². The molecule has 0 aliphatic rings. The fraction of sp³-hybridized carbons (Fsp3) is 0.778. The first-order valence-corrected chi connectivity index (χ1v) is 4.39.